The zero-order valence-electron chi connectivity index (χ0n) is 14.2. The Morgan fingerprint density at radius 3 is 2.76 bits per heavy atom. The number of carbonyl (C=O) groups is 1. The average molecular weight is 353 g/mol. The molecule has 0 saturated carbocycles. The summed E-state index contributed by atoms with van der Waals surface area (Å²) in [6, 6.07) is 6.04. The Labute approximate surface area is 144 Å². The van der Waals surface area contributed by atoms with E-state index in [4.69, 9.17) is 4.74 Å². The molecule has 2 aromatic rings. The van der Waals surface area contributed by atoms with Gasteiger partial charge < -0.3 is 14.8 Å². The summed E-state index contributed by atoms with van der Waals surface area (Å²) in [5.74, 6) is -0.286. The van der Waals surface area contributed by atoms with Gasteiger partial charge in [-0.05, 0) is 44.5 Å². The topological polar surface area (TPSA) is 65.4 Å². The number of ether oxygens (including phenoxy) is 2. The van der Waals surface area contributed by atoms with Crippen LogP contribution in [0.5, 0.6) is 11.5 Å². The lowest BCUT2D eigenvalue weighted by Gasteiger charge is -2.13. The van der Waals surface area contributed by atoms with Crippen molar-refractivity contribution in [2.24, 2.45) is 0 Å². The zero-order chi connectivity index (χ0) is 18.2. The highest BCUT2D eigenvalue weighted by Gasteiger charge is 2.14. The Bertz CT molecular complexity index is 704. The van der Waals surface area contributed by atoms with Crippen LogP contribution in [-0.4, -0.2) is 35.5 Å². The Morgan fingerprint density at radius 2 is 2.12 bits per heavy atom. The first-order chi connectivity index (χ1) is 12.0. The second kappa shape index (κ2) is 9.00. The van der Waals surface area contributed by atoms with E-state index in [1.807, 2.05) is 23.9 Å². The molecular formula is C17H21F2N3O3. The van der Waals surface area contributed by atoms with Gasteiger partial charge in [-0.2, -0.15) is 13.9 Å². The maximum absolute atomic E-state index is 12.4. The highest BCUT2D eigenvalue weighted by molar-refractivity contribution is 5.94. The number of nitrogens with zero attached hydrogens (tertiary/aromatic N) is 2. The van der Waals surface area contributed by atoms with E-state index in [1.165, 1.54) is 18.2 Å². The number of rotatable bonds is 9. The van der Waals surface area contributed by atoms with Crippen LogP contribution in [0.15, 0.2) is 30.5 Å². The van der Waals surface area contributed by atoms with Crippen LogP contribution in [0.4, 0.5) is 8.78 Å². The van der Waals surface area contributed by atoms with Gasteiger partial charge in [-0.25, -0.2) is 0 Å². The van der Waals surface area contributed by atoms with Gasteiger partial charge >= 0.3 is 6.61 Å². The molecule has 1 amide bonds. The lowest BCUT2D eigenvalue weighted by Crippen LogP contribution is -2.25. The van der Waals surface area contributed by atoms with E-state index >= 15 is 0 Å². The number of aryl methyl sites for hydroxylation is 2. The Kier molecular flexibility index (Phi) is 6.73. The number of amides is 1. The number of nitrogens with one attached hydrogen (secondary N) is 1. The third-order valence-electron chi connectivity index (χ3n) is 3.35. The summed E-state index contributed by atoms with van der Waals surface area (Å²) < 4.78 is 36.2. The maximum atomic E-state index is 12.4. The van der Waals surface area contributed by atoms with Gasteiger partial charge in [0.25, 0.3) is 5.91 Å². The summed E-state index contributed by atoms with van der Waals surface area (Å²) in [5, 5.41) is 7.04. The third-order valence-corrected chi connectivity index (χ3v) is 3.35. The van der Waals surface area contributed by atoms with Gasteiger partial charge in [0.2, 0.25) is 0 Å². The molecule has 0 bridgehead atoms. The van der Waals surface area contributed by atoms with Crippen molar-refractivity contribution >= 4 is 5.91 Å². The van der Waals surface area contributed by atoms with Gasteiger partial charge in [-0.1, -0.05) is 0 Å². The van der Waals surface area contributed by atoms with Crippen LogP contribution in [0, 0.1) is 6.92 Å². The standard InChI is InChI=1S/C17H21F2N3O3/c1-3-24-15-11-13(5-6-14(15)25-17(18)19)16(23)20-8-4-9-22-10-7-12(2)21-22/h5-7,10-11,17H,3-4,8-9H2,1-2H3,(H,20,23). The van der Waals surface area contributed by atoms with E-state index in [2.05, 4.69) is 15.2 Å². The average Bonchev–Trinajstić information content (AvgIpc) is 2.98. The molecule has 0 fully saturated rings. The molecule has 1 heterocycles. The molecule has 1 aromatic carbocycles. The van der Waals surface area contributed by atoms with Gasteiger partial charge in [-0.15, -0.1) is 0 Å². The zero-order valence-corrected chi connectivity index (χ0v) is 14.2. The van der Waals surface area contributed by atoms with E-state index in [0.29, 0.717) is 18.7 Å². The first-order valence-corrected chi connectivity index (χ1v) is 7.99. The van der Waals surface area contributed by atoms with Crippen molar-refractivity contribution in [1.29, 1.82) is 0 Å². The van der Waals surface area contributed by atoms with Gasteiger partial charge in [0.05, 0.1) is 12.3 Å². The predicted molar refractivity (Wildman–Crippen MR) is 88.2 cm³/mol. The lowest BCUT2D eigenvalue weighted by molar-refractivity contribution is -0.0514. The first-order valence-electron chi connectivity index (χ1n) is 7.99. The number of benzene rings is 1. The van der Waals surface area contributed by atoms with Crippen LogP contribution in [0.25, 0.3) is 0 Å². The Morgan fingerprint density at radius 1 is 1.32 bits per heavy atom. The summed E-state index contributed by atoms with van der Waals surface area (Å²) in [4.78, 5) is 12.2. The molecular weight excluding hydrogens is 332 g/mol. The molecule has 6 nitrogen and oxygen atoms in total. The van der Waals surface area contributed by atoms with Crippen molar-refractivity contribution in [3.63, 3.8) is 0 Å². The number of carbonyl (C=O) groups excluding carboxylic acids is 1. The largest absolute Gasteiger partial charge is 0.490 e. The van der Waals surface area contributed by atoms with Gasteiger partial charge in [0, 0.05) is 24.8 Å². The molecule has 8 heteroatoms. The number of hydrogen-bond acceptors (Lipinski definition) is 4. The molecule has 1 N–H and O–H groups in total. The SMILES string of the molecule is CCOc1cc(C(=O)NCCCn2ccc(C)n2)ccc1OC(F)F. The lowest BCUT2D eigenvalue weighted by atomic mass is 10.2. The van der Waals surface area contributed by atoms with E-state index in [1.54, 1.807) is 6.92 Å². The highest BCUT2D eigenvalue weighted by Crippen LogP contribution is 2.29. The molecule has 0 aliphatic carbocycles. The van der Waals surface area contributed by atoms with E-state index < -0.39 is 6.61 Å². The smallest absolute Gasteiger partial charge is 0.387 e. The van der Waals surface area contributed by atoms with Crippen LogP contribution >= 0.6 is 0 Å². The molecule has 25 heavy (non-hydrogen) atoms. The summed E-state index contributed by atoms with van der Waals surface area (Å²) in [6.45, 7) is 2.11. The van der Waals surface area contributed by atoms with Crippen LogP contribution in [-0.2, 0) is 6.54 Å². The van der Waals surface area contributed by atoms with Crippen molar-refractivity contribution in [2.75, 3.05) is 13.2 Å². The van der Waals surface area contributed by atoms with Crippen molar-refractivity contribution in [3.05, 3.63) is 41.7 Å². The van der Waals surface area contributed by atoms with Crippen molar-refractivity contribution in [3.8, 4) is 11.5 Å². The van der Waals surface area contributed by atoms with E-state index in [-0.39, 0.29) is 24.0 Å². The van der Waals surface area contributed by atoms with E-state index in [9.17, 15) is 13.6 Å². The third kappa shape index (κ3) is 5.74. The molecule has 0 radical (unpaired) electrons. The van der Waals surface area contributed by atoms with Gasteiger partial charge in [-0.3, -0.25) is 9.48 Å². The summed E-state index contributed by atoms with van der Waals surface area (Å²) in [5.41, 5.74) is 1.26. The predicted octanol–water partition coefficient (Wildman–Crippen LogP) is 3.01. The van der Waals surface area contributed by atoms with Crippen molar-refractivity contribution in [2.45, 2.75) is 33.4 Å². The number of alkyl halides is 2. The Balaban J connectivity index is 1.90. The first kappa shape index (κ1) is 18.7. The van der Waals surface area contributed by atoms with Crippen molar-refractivity contribution in [1.82, 2.24) is 15.1 Å². The second-order valence-electron chi connectivity index (χ2n) is 5.30. The normalized spacial score (nSPS) is 10.8. The number of halogens is 2. The molecule has 0 saturated heterocycles. The Hall–Kier alpha value is -2.64. The van der Waals surface area contributed by atoms with Crippen molar-refractivity contribution < 1.29 is 23.0 Å². The molecule has 0 atom stereocenters. The van der Waals surface area contributed by atoms with Gasteiger partial charge in [0.15, 0.2) is 11.5 Å². The highest BCUT2D eigenvalue weighted by atomic mass is 19.3. The summed E-state index contributed by atoms with van der Waals surface area (Å²) in [7, 11) is 0. The fourth-order valence-electron chi connectivity index (χ4n) is 2.24. The molecule has 0 spiro atoms. The van der Waals surface area contributed by atoms with Gasteiger partial charge in [0.1, 0.15) is 0 Å². The molecule has 0 aliphatic heterocycles. The molecule has 2 rings (SSSR count). The number of aromatic nitrogens is 2. The van der Waals surface area contributed by atoms with Crippen LogP contribution < -0.4 is 14.8 Å². The maximum Gasteiger partial charge on any atom is 0.387 e. The second-order valence-corrected chi connectivity index (χ2v) is 5.30. The quantitative estimate of drug-likeness (QED) is 0.704. The minimum atomic E-state index is -2.95. The van der Waals surface area contributed by atoms with Crippen LogP contribution in [0.3, 0.4) is 0 Å². The summed E-state index contributed by atoms with van der Waals surface area (Å²) in [6.07, 6.45) is 2.60. The minimum absolute atomic E-state index is 0.0950. The molecule has 136 valence electrons. The molecule has 0 unspecified atom stereocenters. The molecule has 1 aromatic heterocycles. The van der Waals surface area contributed by atoms with Crippen LogP contribution in [0.2, 0.25) is 0 Å². The van der Waals surface area contributed by atoms with Crippen LogP contribution in [0.1, 0.15) is 29.4 Å². The fraction of sp³-hybridized carbons (Fsp3) is 0.412. The number of hydrogen-bond donors (Lipinski definition) is 1. The van der Waals surface area contributed by atoms with E-state index in [0.717, 1.165) is 12.1 Å². The molecule has 0 aliphatic rings. The summed E-state index contributed by atoms with van der Waals surface area (Å²) >= 11 is 0. The monoisotopic (exact) mass is 353 g/mol. The minimum Gasteiger partial charge on any atom is -0.490 e. The fourth-order valence-corrected chi connectivity index (χ4v) is 2.24.